The average molecular weight is 1730 g/mol. The Kier molecular flexibility index (Phi) is 51.4. The van der Waals surface area contributed by atoms with Gasteiger partial charge in [0.1, 0.15) is 0 Å². The largest absolute Gasteiger partial charge is 2.00 e. The van der Waals surface area contributed by atoms with Gasteiger partial charge in [-0.3, -0.25) is 59.9 Å². The van der Waals surface area contributed by atoms with Crippen LogP contribution >= 0.6 is 0 Å². The summed E-state index contributed by atoms with van der Waals surface area (Å²) in [5, 5.41) is 22.0. The molecule has 0 amide bonds. The van der Waals surface area contributed by atoms with Gasteiger partial charge >= 0.3 is 68.0 Å². The summed E-state index contributed by atoms with van der Waals surface area (Å²) in [6.45, 7) is 4.29. The number of aromatic nitrogens is 6. The monoisotopic (exact) mass is 1730 g/mol. The summed E-state index contributed by atoms with van der Waals surface area (Å²) in [7, 11) is -24.0. The van der Waals surface area contributed by atoms with Crippen molar-refractivity contribution < 1.29 is 108 Å². The van der Waals surface area contributed by atoms with Crippen LogP contribution in [0.5, 0.6) is 0 Å². The number of hydrogen-bond acceptors (Lipinski definition) is 15. The van der Waals surface area contributed by atoms with Crippen LogP contribution in [0.3, 0.4) is 0 Å². The molecule has 37 heteroatoms. The molecule has 0 aliphatic heterocycles. The molecule has 118 heavy (non-hydrogen) atoms. The number of nitrogens with zero attached hydrogens (tertiary/aromatic N) is 15. The SMILES string of the molecule is C(=Nc1ccc(Cc2ccc(N=Cc3ccccn3)cc2)cc1)c1ccccn1.C(=Nc1ccc(Cc2ccc(N=Cc3ccccn3)cc2)cc1)c1ccccn1.C(=Nc1ccc(Cc2ccc(N=Cc3ccccn3)cc2)cc1)c1ccccn1.CC#N.CC#N.CC#N.F[B-](F)(F)F.F[B-](F)(F)F.F[B-](F)(F)F.F[B-](F)(F)F.[Zn+2].[Zn+2]. The van der Waals surface area contributed by atoms with Gasteiger partial charge < -0.3 is 69.1 Å². The molecule has 12 rings (SSSR count). The maximum absolute atomic E-state index is 9.75. The van der Waals surface area contributed by atoms with Crippen molar-refractivity contribution in [1.29, 1.82) is 15.8 Å². The number of rotatable bonds is 18. The molecular formula is C81H69B4F16N15Zn2. The second-order valence-corrected chi connectivity index (χ2v) is 22.3. The van der Waals surface area contributed by atoms with E-state index in [-0.39, 0.29) is 39.0 Å². The molecule has 6 heterocycles. The molecule has 0 radical (unpaired) electrons. The van der Waals surface area contributed by atoms with Gasteiger partial charge in [0, 0.05) is 58.0 Å². The van der Waals surface area contributed by atoms with Gasteiger partial charge in [0.2, 0.25) is 0 Å². The van der Waals surface area contributed by atoms with Crippen molar-refractivity contribution in [3.63, 3.8) is 0 Å². The molecule has 0 aliphatic carbocycles. The average Bonchev–Trinajstić information content (AvgIpc) is 0.878. The van der Waals surface area contributed by atoms with Crippen LogP contribution in [0.25, 0.3) is 0 Å². The van der Waals surface area contributed by atoms with E-state index in [4.69, 9.17) is 15.8 Å². The second kappa shape index (κ2) is 58.9. The minimum absolute atomic E-state index is 0. The Hall–Kier alpha value is -12.9. The van der Waals surface area contributed by atoms with E-state index in [9.17, 15) is 69.1 Å². The van der Waals surface area contributed by atoms with E-state index in [0.717, 1.165) is 87.6 Å². The van der Waals surface area contributed by atoms with Crippen molar-refractivity contribution in [3.05, 3.63) is 360 Å². The van der Waals surface area contributed by atoms with Crippen LogP contribution in [0.2, 0.25) is 0 Å². The summed E-state index contributed by atoms with van der Waals surface area (Å²) in [5.74, 6) is 0. The van der Waals surface area contributed by atoms with Gasteiger partial charge in [-0.05, 0) is 198 Å². The Morgan fingerprint density at radius 3 is 0.432 bits per heavy atom. The van der Waals surface area contributed by atoms with Crippen LogP contribution in [0.1, 0.15) is 88.3 Å². The van der Waals surface area contributed by atoms with Crippen molar-refractivity contribution in [2.75, 3.05) is 0 Å². The molecule has 0 N–H and O–H groups in total. The van der Waals surface area contributed by atoms with Gasteiger partial charge in [-0.25, -0.2) is 0 Å². The molecule has 0 fully saturated rings. The van der Waals surface area contributed by atoms with Crippen LogP contribution in [0.4, 0.5) is 103 Å². The van der Waals surface area contributed by atoms with E-state index < -0.39 is 29.0 Å². The first kappa shape index (κ1) is 103. The van der Waals surface area contributed by atoms with Gasteiger partial charge in [0.05, 0.1) is 124 Å². The minimum atomic E-state index is -6.00. The van der Waals surface area contributed by atoms with E-state index in [2.05, 4.69) is 133 Å². The molecule has 0 aliphatic rings. The van der Waals surface area contributed by atoms with Crippen LogP contribution < -0.4 is 0 Å². The van der Waals surface area contributed by atoms with Gasteiger partial charge in [-0.1, -0.05) is 109 Å². The summed E-state index contributed by atoms with van der Waals surface area (Å²) in [4.78, 5) is 52.3. The zero-order valence-corrected chi connectivity index (χ0v) is 69.2. The van der Waals surface area contributed by atoms with Crippen LogP contribution in [0, 0.1) is 34.0 Å². The Labute approximate surface area is 697 Å². The predicted molar refractivity (Wildman–Crippen MR) is 431 cm³/mol. The summed E-state index contributed by atoms with van der Waals surface area (Å²) in [6.07, 6.45) is 23.9. The molecule has 0 saturated heterocycles. The molecule has 0 unspecified atom stereocenters. The van der Waals surface area contributed by atoms with E-state index in [1.807, 2.05) is 182 Å². The Morgan fingerprint density at radius 1 is 0.229 bits per heavy atom. The zero-order valence-electron chi connectivity index (χ0n) is 63.3. The van der Waals surface area contributed by atoms with Crippen LogP contribution in [-0.2, 0) is 58.2 Å². The summed E-state index contributed by atoms with van der Waals surface area (Å²) >= 11 is 0. The first-order valence-electron chi connectivity index (χ1n) is 34.0. The van der Waals surface area contributed by atoms with Crippen LogP contribution in [-0.4, -0.2) is 96.2 Å². The van der Waals surface area contributed by atoms with Crippen molar-refractivity contribution in [3.8, 4) is 18.2 Å². The van der Waals surface area contributed by atoms with E-state index >= 15 is 0 Å². The second-order valence-electron chi connectivity index (χ2n) is 22.3. The third kappa shape index (κ3) is 57.2. The Bertz CT molecular complexity index is 4180. The maximum Gasteiger partial charge on any atom is 2.00 e. The number of nitriles is 3. The number of aliphatic imine (C=N–C) groups is 6. The van der Waals surface area contributed by atoms with E-state index in [1.54, 1.807) is 92.7 Å². The summed E-state index contributed by atoms with van der Waals surface area (Å²) in [5.41, 5.74) is 18.0. The number of benzene rings is 6. The molecule has 0 saturated carbocycles. The van der Waals surface area contributed by atoms with Crippen molar-refractivity contribution in [2.24, 2.45) is 30.0 Å². The van der Waals surface area contributed by atoms with Gasteiger partial charge in [0.15, 0.2) is 0 Å². The van der Waals surface area contributed by atoms with Crippen molar-refractivity contribution >= 4 is 100 Å². The maximum atomic E-state index is 9.75. The standard InChI is InChI=1S/3C25H20N4.3C2H3N.4BF4.2Zn/c3*1-3-15-26-24(5-1)18-28-22-11-7-20(8-12-22)17-21-9-13-23(14-10-21)29-19-25-6-2-4-16-27-25;3*1-2-3;4*2-1(3,4)5;;/h3*1-16,18-19H,17H2;3*1H3;;;;;;/q;;;;;;4*-1;2*+2. The Morgan fingerprint density at radius 2 is 0.339 bits per heavy atom. The van der Waals surface area contributed by atoms with E-state index in [0.29, 0.717) is 0 Å². The van der Waals surface area contributed by atoms with Crippen molar-refractivity contribution in [1.82, 2.24) is 29.9 Å². The summed E-state index contributed by atoms with van der Waals surface area (Å²) in [6, 6.07) is 89.6. The molecule has 15 nitrogen and oxygen atoms in total. The number of halogens is 16. The van der Waals surface area contributed by atoms with Crippen molar-refractivity contribution in [2.45, 2.75) is 40.0 Å². The van der Waals surface area contributed by atoms with E-state index in [1.165, 1.54) is 54.2 Å². The van der Waals surface area contributed by atoms with Gasteiger partial charge in [-0.2, -0.15) is 15.8 Å². The smallest absolute Gasteiger partial charge is 0.418 e. The number of hydrogen-bond donors (Lipinski definition) is 0. The summed E-state index contributed by atoms with van der Waals surface area (Å²) < 4.78 is 156. The number of pyridine rings is 6. The molecule has 0 spiro atoms. The first-order chi connectivity index (χ1) is 55.3. The topological polar surface area (TPSA) is 223 Å². The predicted octanol–water partition coefficient (Wildman–Crippen LogP) is 23.5. The zero-order chi connectivity index (χ0) is 85.3. The molecule has 596 valence electrons. The normalized spacial score (nSPS) is 10.6. The molecule has 6 aromatic heterocycles. The third-order valence-electron chi connectivity index (χ3n) is 13.0. The minimum Gasteiger partial charge on any atom is -0.418 e. The Balaban J connectivity index is 0.000000751. The van der Waals surface area contributed by atoms with Crippen LogP contribution in [0.15, 0.2) is 322 Å². The molecule has 0 atom stereocenters. The molecular weight excluding hydrogens is 1660 g/mol. The fraction of sp³-hybridized carbons (Fsp3) is 0.0741. The third-order valence-corrected chi connectivity index (χ3v) is 13.0. The first-order valence-corrected chi connectivity index (χ1v) is 34.0. The molecule has 12 aromatic rings. The molecule has 0 bridgehead atoms. The van der Waals surface area contributed by atoms with Gasteiger partial charge in [-0.15, -0.1) is 0 Å². The quantitative estimate of drug-likeness (QED) is 0.0452. The van der Waals surface area contributed by atoms with Gasteiger partial charge in [0.25, 0.3) is 0 Å². The fourth-order valence-electron chi connectivity index (χ4n) is 8.46. The fourth-order valence-corrected chi connectivity index (χ4v) is 8.46. The molecule has 6 aromatic carbocycles.